The highest BCUT2D eigenvalue weighted by Gasteiger charge is 2.48. The van der Waals surface area contributed by atoms with Crippen molar-refractivity contribution in [1.29, 1.82) is 5.26 Å². The molecule has 222 valence electrons. The Labute approximate surface area is 255 Å². The Balaban J connectivity index is 0.000000524. The molecule has 2 aromatic carbocycles. The van der Waals surface area contributed by atoms with Gasteiger partial charge in [0, 0.05) is 48.7 Å². The minimum atomic E-state index is -0.0648. The van der Waals surface area contributed by atoms with Crippen LogP contribution in [-0.4, -0.2) is 67.5 Å². The normalized spacial score (nSPS) is 23.6. The van der Waals surface area contributed by atoms with Gasteiger partial charge in [-0.15, -0.1) is 0 Å². The number of benzene rings is 2. The first-order chi connectivity index (χ1) is 20.4. The molecule has 3 unspecified atom stereocenters. The van der Waals surface area contributed by atoms with Gasteiger partial charge in [0.15, 0.2) is 0 Å². The number of aliphatic hydroxyl groups excluding tert-OH is 1. The predicted molar refractivity (Wildman–Crippen MR) is 169 cm³/mol. The van der Waals surface area contributed by atoms with Gasteiger partial charge in [0.2, 0.25) is 0 Å². The van der Waals surface area contributed by atoms with E-state index in [1.807, 2.05) is 37.3 Å². The summed E-state index contributed by atoms with van der Waals surface area (Å²) < 4.78 is 5.89. The number of aromatic nitrogens is 1. The molecule has 0 aliphatic carbocycles. The summed E-state index contributed by atoms with van der Waals surface area (Å²) in [4.78, 5) is 10.0. The van der Waals surface area contributed by atoms with E-state index >= 15 is 0 Å². The summed E-state index contributed by atoms with van der Waals surface area (Å²) in [7, 11) is 2.21. The quantitative estimate of drug-likeness (QED) is 0.400. The highest BCUT2D eigenvalue weighted by atomic mass is 35.5. The third-order valence-corrected chi connectivity index (χ3v) is 9.18. The van der Waals surface area contributed by atoms with Crippen molar-refractivity contribution in [2.24, 2.45) is 5.92 Å². The Hall–Kier alpha value is -3.15. The monoisotopic (exact) mass is 587 g/mol. The summed E-state index contributed by atoms with van der Waals surface area (Å²) in [6.45, 7) is 10.4. The van der Waals surface area contributed by atoms with E-state index in [0.717, 1.165) is 81.2 Å². The van der Waals surface area contributed by atoms with E-state index in [4.69, 9.17) is 26.4 Å². The molecule has 3 aliphatic rings. The Morgan fingerprint density at radius 2 is 2.02 bits per heavy atom. The number of halogens is 1. The van der Waals surface area contributed by atoms with Crippen molar-refractivity contribution in [2.45, 2.75) is 51.2 Å². The van der Waals surface area contributed by atoms with Crippen LogP contribution in [0.4, 0.5) is 5.69 Å². The summed E-state index contributed by atoms with van der Waals surface area (Å²) in [6, 6.07) is 20.7. The topological polar surface area (TPSA) is 84.7 Å². The SMILES string of the molecule is CCOc1ccccc1-c1ccc2c(n1)CN(C)CC21CCN(c2ccc(Cl)cc2C#N)CC1CC.OC1CCNC1. The number of anilines is 1. The maximum absolute atomic E-state index is 9.72. The van der Waals surface area contributed by atoms with Gasteiger partial charge in [0.1, 0.15) is 11.8 Å². The number of nitriles is 1. The van der Waals surface area contributed by atoms with Gasteiger partial charge < -0.3 is 20.1 Å². The van der Waals surface area contributed by atoms with Crippen molar-refractivity contribution < 1.29 is 9.84 Å². The standard InChI is InChI=1S/C30H33ClN4O.C4H9NO/c1-4-22-18-35(28-13-10-23(31)16-21(28)17-32)15-14-30(22)20-34(3)19-27-25(30)11-12-26(33-27)24-8-6-7-9-29(24)36-5-2;6-4-1-2-5-3-4/h6-13,16,22H,4-5,14-15,18-20H2,1-3H3;4-6H,1-3H2. The van der Waals surface area contributed by atoms with Crippen molar-refractivity contribution in [1.82, 2.24) is 15.2 Å². The van der Waals surface area contributed by atoms with Gasteiger partial charge in [-0.25, -0.2) is 0 Å². The van der Waals surface area contributed by atoms with Crippen LogP contribution in [0, 0.1) is 17.2 Å². The molecule has 7 nitrogen and oxygen atoms in total. The molecule has 0 saturated carbocycles. The second-order valence-corrected chi connectivity index (χ2v) is 12.1. The number of piperidine rings is 1. The van der Waals surface area contributed by atoms with Gasteiger partial charge in [-0.05, 0) is 81.2 Å². The average Bonchev–Trinajstić information content (AvgIpc) is 3.48. The van der Waals surface area contributed by atoms with Crippen LogP contribution in [0.1, 0.15) is 49.9 Å². The third-order valence-electron chi connectivity index (χ3n) is 8.94. The number of nitrogens with zero attached hydrogens (tertiary/aromatic N) is 4. The van der Waals surface area contributed by atoms with Crippen LogP contribution in [0.5, 0.6) is 5.75 Å². The lowest BCUT2D eigenvalue weighted by Gasteiger charge is -2.53. The smallest absolute Gasteiger partial charge is 0.128 e. The Morgan fingerprint density at radius 3 is 2.71 bits per heavy atom. The summed E-state index contributed by atoms with van der Waals surface area (Å²) >= 11 is 6.17. The van der Waals surface area contributed by atoms with Gasteiger partial charge >= 0.3 is 0 Å². The third kappa shape index (κ3) is 6.28. The predicted octanol–water partition coefficient (Wildman–Crippen LogP) is 5.63. The molecule has 3 aliphatic heterocycles. The molecule has 1 spiro atoms. The van der Waals surface area contributed by atoms with Crippen LogP contribution in [-0.2, 0) is 12.0 Å². The number of hydrogen-bond acceptors (Lipinski definition) is 7. The number of nitrogens with one attached hydrogen (secondary N) is 1. The van der Waals surface area contributed by atoms with E-state index in [2.05, 4.69) is 53.4 Å². The van der Waals surface area contributed by atoms with E-state index in [1.54, 1.807) is 6.07 Å². The zero-order valence-electron chi connectivity index (χ0n) is 24.9. The molecule has 42 heavy (non-hydrogen) atoms. The number of para-hydroxylation sites is 1. The van der Waals surface area contributed by atoms with E-state index in [9.17, 15) is 5.26 Å². The lowest BCUT2D eigenvalue weighted by atomic mass is 9.62. The summed E-state index contributed by atoms with van der Waals surface area (Å²) in [5, 5.41) is 22.0. The molecular formula is C34H42ClN5O2. The van der Waals surface area contributed by atoms with Gasteiger partial charge in [-0.2, -0.15) is 5.26 Å². The Kier molecular flexibility index (Phi) is 9.70. The van der Waals surface area contributed by atoms with Gasteiger partial charge in [-0.1, -0.05) is 43.1 Å². The first kappa shape index (κ1) is 30.3. The van der Waals surface area contributed by atoms with Crippen LogP contribution < -0.4 is 15.0 Å². The van der Waals surface area contributed by atoms with Crippen molar-refractivity contribution in [2.75, 3.05) is 51.3 Å². The van der Waals surface area contributed by atoms with Crippen molar-refractivity contribution in [3.63, 3.8) is 0 Å². The highest BCUT2D eigenvalue weighted by molar-refractivity contribution is 6.30. The molecule has 2 saturated heterocycles. The second-order valence-electron chi connectivity index (χ2n) is 11.7. The fourth-order valence-electron chi connectivity index (χ4n) is 6.95. The maximum Gasteiger partial charge on any atom is 0.128 e. The number of rotatable bonds is 5. The van der Waals surface area contributed by atoms with Crippen LogP contribution in [0.15, 0.2) is 54.6 Å². The summed E-state index contributed by atoms with van der Waals surface area (Å²) in [5.41, 5.74) is 6.24. The minimum Gasteiger partial charge on any atom is -0.493 e. The van der Waals surface area contributed by atoms with Gasteiger partial charge in [0.05, 0.1) is 35.3 Å². The lowest BCUT2D eigenvalue weighted by molar-refractivity contribution is 0.121. The van der Waals surface area contributed by atoms with Crippen molar-refractivity contribution >= 4 is 17.3 Å². The van der Waals surface area contributed by atoms with E-state index in [0.29, 0.717) is 23.1 Å². The molecule has 4 heterocycles. The van der Waals surface area contributed by atoms with Gasteiger partial charge in [0.25, 0.3) is 0 Å². The summed E-state index contributed by atoms with van der Waals surface area (Å²) in [5.74, 6) is 1.32. The Bertz CT molecular complexity index is 1420. The molecule has 3 aromatic rings. The first-order valence-corrected chi connectivity index (χ1v) is 15.5. The molecule has 0 bridgehead atoms. The van der Waals surface area contributed by atoms with Crippen LogP contribution in [0.2, 0.25) is 5.02 Å². The van der Waals surface area contributed by atoms with Gasteiger partial charge in [-0.3, -0.25) is 9.88 Å². The number of fused-ring (bicyclic) bond motifs is 2. The zero-order chi connectivity index (χ0) is 29.7. The zero-order valence-corrected chi connectivity index (χ0v) is 25.7. The number of β-amino-alcohol motifs (C(OH)–C–C–N with tert-alkyl or cyclic N) is 1. The van der Waals surface area contributed by atoms with Crippen molar-refractivity contribution in [3.8, 4) is 23.1 Å². The van der Waals surface area contributed by atoms with Crippen LogP contribution >= 0.6 is 11.6 Å². The first-order valence-electron chi connectivity index (χ1n) is 15.1. The molecule has 3 atom stereocenters. The fraction of sp³-hybridized carbons (Fsp3) is 0.471. The summed E-state index contributed by atoms with van der Waals surface area (Å²) in [6.07, 6.45) is 2.95. The molecule has 6 rings (SSSR count). The number of hydrogen-bond donors (Lipinski definition) is 2. The minimum absolute atomic E-state index is 0.0395. The molecule has 8 heteroatoms. The van der Waals surface area contributed by atoms with Crippen LogP contribution in [0.3, 0.4) is 0 Å². The molecular weight excluding hydrogens is 546 g/mol. The van der Waals surface area contributed by atoms with E-state index in [-0.39, 0.29) is 11.5 Å². The maximum atomic E-state index is 9.72. The molecule has 2 N–H and O–H groups in total. The number of ether oxygens (including phenoxy) is 1. The number of likely N-dealkylation sites (N-methyl/N-ethyl adjacent to an activating group) is 1. The Morgan fingerprint density at radius 1 is 1.19 bits per heavy atom. The molecule has 0 radical (unpaired) electrons. The molecule has 1 aromatic heterocycles. The van der Waals surface area contributed by atoms with Crippen molar-refractivity contribution in [3.05, 3.63) is 76.4 Å². The second kappa shape index (κ2) is 13.4. The molecule has 0 amide bonds. The largest absolute Gasteiger partial charge is 0.493 e. The van der Waals surface area contributed by atoms with E-state index in [1.165, 1.54) is 11.3 Å². The number of aliphatic hydroxyl groups is 1. The number of pyridine rings is 1. The highest BCUT2D eigenvalue weighted by Crippen LogP contribution is 2.47. The van der Waals surface area contributed by atoms with Crippen LogP contribution in [0.25, 0.3) is 11.3 Å². The average molecular weight is 588 g/mol. The molecule has 2 fully saturated rings. The fourth-order valence-corrected chi connectivity index (χ4v) is 7.12. The lowest BCUT2D eigenvalue weighted by Crippen LogP contribution is -2.57. The van der Waals surface area contributed by atoms with E-state index < -0.39 is 0 Å².